The smallest absolute Gasteiger partial charge is 0.0530 e. The molecule has 1 aliphatic carbocycles. The molecule has 0 radical (unpaired) electrons. The van der Waals surface area contributed by atoms with E-state index >= 15 is 0 Å². The van der Waals surface area contributed by atoms with Gasteiger partial charge in [0.2, 0.25) is 0 Å². The molecule has 2 heteroatoms. The van der Waals surface area contributed by atoms with E-state index in [4.69, 9.17) is 4.74 Å². The summed E-state index contributed by atoms with van der Waals surface area (Å²) in [5.41, 5.74) is 0.838. The Morgan fingerprint density at radius 1 is 1.12 bits per heavy atom. The summed E-state index contributed by atoms with van der Waals surface area (Å²) in [7, 11) is 0. The molecule has 0 saturated heterocycles. The van der Waals surface area contributed by atoms with Crippen LogP contribution in [0.4, 0.5) is 0 Å². The normalized spacial score (nSPS) is 21.0. The van der Waals surface area contributed by atoms with E-state index in [1.807, 2.05) is 0 Å². The second kappa shape index (κ2) is 6.39. The molecule has 0 aromatic rings. The zero-order valence-electron chi connectivity index (χ0n) is 11.2. The van der Waals surface area contributed by atoms with E-state index < -0.39 is 0 Å². The molecule has 0 atom stereocenters. The largest absolute Gasteiger partial charge is 0.381 e. The van der Waals surface area contributed by atoms with Crippen LogP contribution in [-0.2, 0) is 4.74 Å². The summed E-state index contributed by atoms with van der Waals surface area (Å²) in [5.74, 6) is 0. The van der Waals surface area contributed by atoms with Gasteiger partial charge in [0, 0.05) is 17.4 Å². The number of hydrogen-bond acceptors (Lipinski definition) is 1. The van der Waals surface area contributed by atoms with Crippen LogP contribution >= 0.6 is 15.9 Å². The molecule has 96 valence electrons. The van der Waals surface area contributed by atoms with E-state index in [0.717, 1.165) is 25.0 Å². The predicted molar refractivity (Wildman–Crippen MR) is 74.2 cm³/mol. The Balaban J connectivity index is 2.23. The van der Waals surface area contributed by atoms with Gasteiger partial charge in [-0.3, -0.25) is 0 Å². The minimum Gasteiger partial charge on any atom is -0.381 e. The van der Waals surface area contributed by atoms with Gasteiger partial charge in [0.05, 0.1) is 6.61 Å². The number of rotatable bonds is 5. The molecule has 1 rings (SSSR count). The van der Waals surface area contributed by atoms with Crippen molar-refractivity contribution in [2.45, 2.75) is 59.3 Å². The van der Waals surface area contributed by atoms with Crippen molar-refractivity contribution in [3.8, 4) is 0 Å². The van der Waals surface area contributed by atoms with Crippen molar-refractivity contribution in [3.05, 3.63) is 0 Å². The fourth-order valence-electron chi connectivity index (χ4n) is 2.29. The van der Waals surface area contributed by atoms with Gasteiger partial charge in [-0.1, -0.05) is 56.0 Å². The lowest BCUT2D eigenvalue weighted by Crippen LogP contribution is -2.31. The third-order valence-corrected chi connectivity index (χ3v) is 4.79. The molecule has 1 aliphatic rings. The SMILES string of the molecule is CC(C)(C)CCOCC1(CBr)CCCCC1. The molecule has 0 N–H and O–H groups in total. The van der Waals surface area contributed by atoms with Crippen molar-refractivity contribution in [2.24, 2.45) is 10.8 Å². The van der Waals surface area contributed by atoms with Gasteiger partial charge in [-0.2, -0.15) is 0 Å². The lowest BCUT2D eigenvalue weighted by molar-refractivity contribution is 0.0243. The van der Waals surface area contributed by atoms with Crippen molar-refractivity contribution >= 4 is 15.9 Å². The zero-order valence-corrected chi connectivity index (χ0v) is 12.7. The van der Waals surface area contributed by atoms with E-state index in [9.17, 15) is 0 Å². The van der Waals surface area contributed by atoms with Gasteiger partial charge in [0.15, 0.2) is 0 Å². The average Bonchev–Trinajstić information content (AvgIpc) is 2.25. The number of hydrogen-bond donors (Lipinski definition) is 0. The second-order valence-electron chi connectivity index (χ2n) is 6.56. The first kappa shape index (κ1) is 14.5. The first-order valence-corrected chi connectivity index (χ1v) is 7.73. The monoisotopic (exact) mass is 290 g/mol. The van der Waals surface area contributed by atoms with Crippen molar-refractivity contribution in [2.75, 3.05) is 18.5 Å². The van der Waals surface area contributed by atoms with Gasteiger partial charge >= 0.3 is 0 Å². The molecular weight excluding hydrogens is 264 g/mol. The van der Waals surface area contributed by atoms with E-state index in [-0.39, 0.29) is 0 Å². The highest BCUT2D eigenvalue weighted by Gasteiger charge is 2.31. The molecule has 0 aromatic carbocycles. The number of halogens is 1. The first-order chi connectivity index (χ1) is 7.47. The summed E-state index contributed by atoms with van der Waals surface area (Å²) in [6.45, 7) is 8.69. The Hall–Kier alpha value is 0.440. The third-order valence-electron chi connectivity index (χ3n) is 3.60. The van der Waals surface area contributed by atoms with Gasteiger partial charge in [0.1, 0.15) is 0 Å². The van der Waals surface area contributed by atoms with Crippen LogP contribution in [0, 0.1) is 10.8 Å². The average molecular weight is 291 g/mol. The highest BCUT2D eigenvalue weighted by Crippen LogP contribution is 2.38. The lowest BCUT2D eigenvalue weighted by atomic mass is 9.76. The molecular formula is C14H27BrO. The summed E-state index contributed by atoms with van der Waals surface area (Å²) in [6, 6.07) is 0. The van der Waals surface area contributed by atoms with Crippen LogP contribution in [0.1, 0.15) is 59.3 Å². The van der Waals surface area contributed by atoms with Crippen molar-refractivity contribution in [3.63, 3.8) is 0 Å². The van der Waals surface area contributed by atoms with Crippen LogP contribution in [0.3, 0.4) is 0 Å². The van der Waals surface area contributed by atoms with Crippen LogP contribution in [0.15, 0.2) is 0 Å². The summed E-state index contributed by atoms with van der Waals surface area (Å²) in [4.78, 5) is 0. The molecule has 0 aromatic heterocycles. The highest BCUT2D eigenvalue weighted by atomic mass is 79.9. The van der Waals surface area contributed by atoms with Gasteiger partial charge in [-0.05, 0) is 24.7 Å². The Labute approximate surface area is 109 Å². The molecule has 0 aliphatic heterocycles. The predicted octanol–water partition coefficient (Wildman–Crippen LogP) is 4.78. The zero-order chi connectivity index (χ0) is 12.1. The fourth-order valence-corrected chi connectivity index (χ4v) is 3.01. The standard InChI is InChI=1S/C14H27BrO/c1-13(2,3)9-10-16-12-14(11-15)7-5-4-6-8-14/h4-12H2,1-3H3. The van der Waals surface area contributed by atoms with Crippen molar-refractivity contribution in [1.29, 1.82) is 0 Å². The van der Waals surface area contributed by atoms with Gasteiger partial charge < -0.3 is 4.74 Å². The maximum atomic E-state index is 5.91. The van der Waals surface area contributed by atoms with Crippen LogP contribution < -0.4 is 0 Å². The summed E-state index contributed by atoms with van der Waals surface area (Å²) in [6.07, 6.45) is 8.02. The Kier molecular flexibility index (Phi) is 5.79. The van der Waals surface area contributed by atoms with E-state index in [1.54, 1.807) is 0 Å². The van der Waals surface area contributed by atoms with E-state index in [1.165, 1.54) is 32.1 Å². The maximum Gasteiger partial charge on any atom is 0.0530 e. The Morgan fingerprint density at radius 3 is 2.25 bits per heavy atom. The van der Waals surface area contributed by atoms with Crippen LogP contribution in [0.25, 0.3) is 0 Å². The highest BCUT2D eigenvalue weighted by molar-refractivity contribution is 9.09. The molecule has 0 spiro atoms. The molecule has 0 heterocycles. The van der Waals surface area contributed by atoms with Gasteiger partial charge in [0.25, 0.3) is 0 Å². The summed E-state index contributed by atoms with van der Waals surface area (Å²) in [5, 5.41) is 1.11. The Bertz CT molecular complexity index is 189. The molecule has 1 saturated carbocycles. The molecule has 1 fully saturated rings. The Morgan fingerprint density at radius 2 is 1.75 bits per heavy atom. The topological polar surface area (TPSA) is 9.23 Å². The van der Waals surface area contributed by atoms with E-state index in [0.29, 0.717) is 10.8 Å². The first-order valence-electron chi connectivity index (χ1n) is 6.61. The summed E-state index contributed by atoms with van der Waals surface area (Å²) < 4.78 is 5.91. The minimum atomic E-state index is 0.397. The molecule has 16 heavy (non-hydrogen) atoms. The van der Waals surface area contributed by atoms with Crippen molar-refractivity contribution in [1.82, 2.24) is 0 Å². The van der Waals surface area contributed by atoms with Crippen LogP contribution in [0.2, 0.25) is 0 Å². The maximum absolute atomic E-state index is 5.91. The molecule has 1 nitrogen and oxygen atoms in total. The lowest BCUT2D eigenvalue weighted by Gasteiger charge is -2.35. The minimum absolute atomic E-state index is 0.397. The second-order valence-corrected chi connectivity index (χ2v) is 7.12. The fraction of sp³-hybridized carbons (Fsp3) is 1.00. The van der Waals surface area contributed by atoms with E-state index in [2.05, 4.69) is 36.7 Å². The number of alkyl halides is 1. The van der Waals surface area contributed by atoms with Gasteiger partial charge in [-0.15, -0.1) is 0 Å². The summed E-state index contributed by atoms with van der Waals surface area (Å²) >= 11 is 3.68. The van der Waals surface area contributed by atoms with Crippen molar-refractivity contribution < 1.29 is 4.74 Å². The van der Waals surface area contributed by atoms with Crippen LogP contribution in [-0.4, -0.2) is 18.5 Å². The molecule has 0 amide bonds. The number of ether oxygens (including phenoxy) is 1. The van der Waals surface area contributed by atoms with Crippen LogP contribution in [0.5, 0.6) is 0 Å². The quantitative estimate of drug-likeness (QED) is 0.523. The third kappa shape index (κ3) is 5.18. The van der Waals surface area contributed by atoms with Gasteiger partial charge in [-0.25, -0.2) is 0 Å². The molecule has 0 unspecified atom stereocenters. The molecule has 0 bridgehead atoms.